The maximum atomic E-state index is 13.0. The van der Waals surface area contributed by atoms with Crippen molar-refractivity contribution in [2.24, 2.45) is 0 Å². The number of rotatable bonds is 9. The summed E-state index contributed by atoms with van der Waals surface area (Å²) in [6.07, 6.45) is 1.79. The van der Waals surface area contributed by atoms with Crippen molar-refractivity contribution in [2.45, 2.75) is 17.7 Å². The van der Waals surface area contributed by atoms with Crippen LogP contribution >= 0.6 is 11.6 Å². The van der Waals surface area contributed by atoms with Gasteiger partial charge in [0, 0.05) is 38.4 Å². The van der Waals surface area contributed by atoms with Crippen molar-refractivity contribution in [3.05, 3.63) is 58.9 Å². The molecule has 0 atom stereocenters. The lowest BCUT2D eigenvalue weighted by Gasteiger charge is -2.32. The van der Waals surface area contributed by atoms with Crippen molar-refractivity contribution in [1.82, 2.24) is 15.1 Å². The molecule has 1 amide bonds. The molecule has 0 saturated carbocycles. The number of piperazine rings is 1. The first-order chi connectivity index (χ1) is 15.2. The van der Waals surface area contributed by atoms with Crippen LogP contribution in [0, 0.1) is 5.82 Å². The molecule has 7 nitrogen and oxygen atoms in total. The van der Waals surface area contributed by atoms with E-state index in [0.29, 0.717) is 6.54 Å². The highest BCUT2D eigenvalue weighted by Crippen LogP contribution is 2.23. The van der Waals surface area contributed by atoms with Crippen LogP contribution in [0.3, 0.4) is 0 Å². The van der Waals surface area contributed by atoms with Crippen molar-refractivity contribution >= 4 is 33.2 Å². The number of nitrogens with one attached hydrogen (secondary N) is 2. The van der Waals surface area contributed by atoms with Gasteiger partial charge in [0.1, 0.15) is 5.82 Å². The highest BCUT2D eigenvalue weighted by atomic mass is 35.5. The van der Waals surface area contributed by atoms with Gasteiger partial charge in [-0.15, -0.1) is 0 Å². The molecule has 0 unspecified atom stereocenters. The molecule has 32 heavy (non-hydrogen) atoms. The largest absolute Gasteiger partial charge is 0.352 e. The van der Waals surface area contributed by atoms with Crippen LogP contribution in [-0.4, -0.2) is 70.4 Å². The molecule has 1 saturated heterocycles. The van der Waals surface area contributed by atoms with E-state index in [9.17, 15) is 17.6 Å². The second-order valence-electron chi connectivity index (χ2n) is 7.86. The molecule has 174 valence electrons. The molecule has 0 aliphatic carbocycles. The van der Waals surface area contributed by atoms with Gasteiger partial charge in [0.05, 0.1) is 15.5 Å². The molecule has 2 aromatic rings. The summed E-state index contributed by atoms with van der Waals surface area (Å²) in [4.78, 5) is 17.2. The summed E-state index contributed by atoms with van der Waals surface area (Å²) in [5.41, 5.74) is 0.306. The third-order valence-electron chi connectivity index (χ3n) is 5.37. The maximum absolute atomic E-state index is 13.0. The van der Waals surface area contributed by atoms with Crippen molar-refractivity contribution in [2.75, 3.05) is 51.0 Å². The second kappa shape index (κ2) is 11.1. The Balaban J connectivity index is 1.53. The zero-order valence-electron chi connectivity index (χ0n) is 18.0. The predicted octanol–water partition coefficient (Wildman–Crippen LogP) is 3.04. The first-order valence-electron chi connectivity index (χ1n) is 10.5. The molecule has 1 aliphatic heterocycles. The van der Waals surface area contributed by atoms with Gasteiger partial charge in [-0.1, -0.05) is 11.6 Å². The number of benzene rings is 2. The van der Waals surface area contributed by atoms with Gasteiger partial charge in [0.25, 0.3) is 15.9 Å². The van der Waals surface area contributed by atoms with Gasteiger partial charge >= 0.3 is 0 Å². The van der Waals surface area contributed by atoms with Crippen molar-refractivity contribution < 1.29 is 17.6 Å². The highest BCUT2D eigenvalue weighted by Gasteiger charge is 2.19. The Morgan fingerprint density at radius 2 is 1.75 bits per heavy atom. The summed E-state index contributed by atoms with van der Waals surface area (Å²) < 4.78 is 40.7. The van der Waals surface area contributed by atoms with Gasteiger partial charge in [-0.25, -0.2) is 12.8 Å². The lowest BCUT2D eigenvalue weighted by atomic mass is 10.2. The van der Waals surface area contributed by atoms with Gasteiger partial charge in [-0.2, -0.15) is 0 Å². The first-order valence-corrected chi connectivity index (χ1v) is 12.4. The Labute approximate surface area is 193 Å². The van der Waals surface area contributed by atoms with Crippen LogP contribution in [0.15, 0.2) is 47.4 Å². The average molecular weight is 483 g/mol. The van der Waals surface area contributed by atoms with Crippen LogP contribution in [-0.2, 0) is 10.0 Å². The molecule has 1 fully saturated rings. The highest BCUT2D eigenvalue weighted by molar-refractivity contribution is 7.92. The second-order valence-corrected chi connectivity index (χ2v) is 9.95. The number of hydrogen-bond donors (Lipinski definition) is 2. The van der Waals surface area contributed by atoms with E-state index in [1.54, 1.807) is 0 Å². The number of hydrogen-bond acceptors (Lipinski definition) is 5. The molecule has 3 rings (SSSR count). The van der Waals surface area contributed by atoms with Crippen LogP contribution in [0.25, 0.3) is 0 Å². The van der Waals surface area contributed by atoms with E-state index in [-0.39, 0.29) is 21.2 Å². The number of nitrogens with zero attached hydrogens (tertiary/aromatic N) is 2. The minimum absolute atomic E-state index is 0.0905. The summed E-state index contributed by atoms with van der Waals surface area (Å²) in [6.45, 7) is 5.74. The average Bonchev–Trinajstić information content (AvgIpc) is 2.76. The van der Waals surface area contributed by atoms with Gasteiger partial charge < -0.3 is 15.1 Å². The molecule has 2 N–H and O–H groups in total. The fourth-order valence-electron chi connectivity index (χ4n) is 3.41. The van der Waals surface area contributed by atoms with Crippen LogP contribution in [0.1, 0.15) is 23.2 Å². The lowest BCUT2D eigenvalue weighted by molar-refractivity contribution is 0.0952. The van der Waals surface area contributed by atoms with E-state index in [2.05, 4.69) is 26.9 Å². The van der Waals surface area contributed by atoms with Crippen LogP contribution < -0.4 is 10.0 Å². The molecule has 0 spiro atoms. The molecular weight excluding hydrogens is 455 g/mol. The lowest BCUT2D eigenvalue weighted by Crippen LogP contribution is -2.44. The number of carbonyl (C=O) groups is 1. The van der Waals surface area contributed by atoms with Crippen molar-refractivity contribution in [1.29, 1.82) is 0 Å². The molecule has 1 aliphatic rings. The Bertz CT molecular complexity index is 1030. The zero-order valence-corrected chi connectivity index (χ0v) is 19.6. The van der Waals surface area contributed by atoms with Crippen molar-refractivity contribution in [3.8, 4) is 0 Å². The van der Waals surface area contributed by atoms with Crippen LogP contribution in [0.4, 0.5) is 10.1 Å². The molecule has 2 aromatic carbocycles. The summed E-state index contributed by atoms with van der Waals surface area (Å²) in [5.74, 6) is -0.893. The number of sulfonamides is 1. The smallest absolute Gasteiger partial charge is 0.261 e. The Morgan fingerprint density at radius 1 is 1.06 bits per heavy atom. The number of anilines is 1. The van der Waals surface area contributed by atoms with E-state index in [0.717, 1.165) is 57.7 Å². The van der Waals surface area contributed by atoms with Gasteiger partial charge in [0.2, 0.25) is 0 Å². The normalized spacial score (nSPS) is 15.5. The standard InChI is InChI=1S/C22H28ClFN4O3S/c1-27-12-14-28(15-13-27)11-3-2-10-25-22(29)20-16-19(8-9-21(20)23)32(30,31)26-18-6-4-17(24)5-7-18/h4-9,16,26H,2-3,10-15H2,1H3,(H,25,29). The minimum Gasteiger partial charge on any atom is -0.352 e. The monoisotopic (exact) mass is 482 g/mol. The number of carbonyl (C=O) groups excluding carboxylic acids is 1. The van der Waals surface area contributed by atoms with E-state index in [1.165, 1.54) is 30.3 Å². The molecule has 0 bridgehead atoms. The van der Waals surface area contributed by atoms with Gasteiger partial charge in [-0.05, 0) is 68.9 Å². The van der Waals surface area contributed by atoms with E-state index < -0.39 is 21.7 Å². The van der Waals surface area contributed by atoms with E-state index in [1.807, 2.05) is 0 Å². The predicted molar refractivity (Wildman–Crippen MR) is 124 cm³/mol. The van der Waals surface area contributed by atoms with E-state index in [4.69, 9.17) is 11.6 Å². The number of amides is 1. The summed E-state index contributed by atoms with van der Waals surface area (Å²) >= 11 is 6.14. The summed E-state index contributed by atoms with van der Waals surface area (Å²) in [5, 5.41) is 2.98. The molecule has 0 aromatic heterocycles. The Hall–Kier alpha value is -2.20. The van der Waals surface area contributed by atoms with Crippen molar-refractivity contribution in [3.63, 3.8) is 0 Å². The maximum Gasteiger partial charge on any atom is 0.261 e. The zero-order chi connectivity index (χ0) is 23.1. The molecule has 10 heteroatoms. The molecule has 0 radical (unpaired) electrons. The van der Waals surface area contributed by atoms with Crippen LogP contribution in [0.2, 0.25) is 5.02 Å². The molecular formula is C22H28ClFN4O3S. The minimum atomic E-state index is -3.96. The topological polar surface area (TPSA) is 81.8 Å². The summed E-state index contributed by atoms with van der Waals surface area (Å²) in [6, 6.07) is 8.89. The number of likely N-dealkylation sites (N-methyl/N-ethyl adjacent to an activating group) is 1. The third-order valence-corrected chi connectivity index (χ3v) is 7.08. The van der Waals surface area contributed by atoms with Gasteiger partial charge in [-0.3, -0.25) is 9.52 Å². The number of halogens is 2. The van der Waals surface area contributed by atoms with Gasteiger partial charge in [0.15, 0.2) is 0 Å². The summed E-state index contributed by atoms with van der Waals surface area (Å²) in [7, 11) is -1.84. The first kappa shape index (κ1) is 24.4. The fraction of sp³-hybridized carbons (Fsp3) is 0.409. The fourth-order valence-corrected chi connectivity index (χ4v) is 4.69. The SMILES string of the molecule is CN1CCN(CCCCNC(=O)c2cc(S(=O)(=O)Nc3ccc(F)cc3)ccc2Cl)CC1. The quantitative estimate of drug-likeness (QED) is 0.537. The third kappa shape index (κ3) is 6.90. The number of unbranched alkanes of at least 4 members (excludes halogenated alkanes) is 1. The Morgan fingerprint density at radius 3 is 2.44 bits per heavy atom. The molecule has 1 heterocycles. The van der Waals surface area contributed by atoms with Crippen LogP contribution in [0.5, 0.6) is 0 Å². The Kier molecular flexibility index (Phi) is 8.47. The van der Waals surface area contributed by atoms with E-state index >= 15 is 0 Å².